The Morgan fingerprint density at radius 3 is 2.45 bits per heavy atom. The molecule has 0 radical (unpaired) electrons. The van der Waals surface area contributed by atoms with E-state index in [2.05, 4.69) is 42.9 Å². The van der Waals surface area contributed by atoms with Crippen LogP contribution in [0.25, 0.3) is 11.3 Å². The van der Waals surface area contributed by atoms with Gasteiger partial charge in [-0.15, -0.1) is 0 Å². The minimum absolute atomic E-state index is 0.0207. The van der Waals surface area contributed by atoms with Gasteiger partial charge in [0.2, 0.25) is 0 Å². The second kappa shape index (κ2) is 9.27. The number of thioether (sulfide) groups is 1. The summed E-state index contributed by atoms with van der Waals surface area (Å²) in [4.78, 5) is 19.3. The lowest BCUT2D eigenvalue weighted by Crippen LogP contribution is -2.14. The summed E-state index contributed by atoms with van der Waals surface area (Å²) in [5.41, 5.74) is 2.61. The minimum Gasteiger partial charge on any atom is -0.496 e. The topological polar surface area (TPSA) is 88.0 Å². The van der Waals surface area contributed by atoms with Gasteiger partial charge in [-0.2, -0.15) is 5.26 Å². The van der Waals surface area contributed by atoms with Crippen molar-refractivity contribution >= 4 is 11.8 Å². The van der Waals surface area contributed by atoms with Crippen molar-refractivity contribution in [3.05, 3.63) is 69.5 Å². The van der Waals surface area contributed by atoms with Gasteiger partial charge in [0.15, 0.2) is 5.16 Å². The molecular weight excluding hydrogens is 410 g/mol. The van der Waals surface area contributed by atoms with Crippen molar-refractivity contribution in [2.24, 2.45) is 0 Å². The molecule has 7 heteroatoms. The first-order chi connectivity index (χ1) is 14.8. The Morgan fingerprint density at radius 2 is 1.87 bits per heavy atom. The zero-order valence-corrected chi connectivity index (χ0v) is 19.1. The molecule has 0 saturated carbocycles. The molecule has 0 spiro atoms. The van der Waals surface area contributed by atoms with Gasteiger partial charge in [0, 0.05) is 11.1 Å². The van der Waals surface area contributed by atoms with Crippen LogP contribution in [0.15, 0.2) is 52.4 Å². The highest BCUT2D eigenvalue weighted by Gasteiger charge is 2.16. The maximum Gasteiger partial charge on any atom is 0.270 e. The van der Waals surface area contributed by atoms with Gasteiger partial charge in [0.1, 0.15) is 29.7 Å². The number of methoxy groups -OCH3 is 1. The van der Waals surface area contributed by atoms with Crippen LogP contribution in [0.2, 0.25) is 0 Å². The average molecular weight is 436 g/mol. The summed E-state index contributed by atoms with van der Waals surface area (Å²) in [6, 6.07) is 15.4. The lowest BCUT2D eigenvalue weighted by atomic mass is 9.87. The van der Waals surface area contributed by atoms with Crippen molar-refractivity contribution in [2.45, 2.75) is 37.9 Å². The fraction of sp³-hybridized carbons (Fsp3) is 0.292. The Kier molecular flexibility index (Phi) is 6.71. The maximum atomic E-state index is 12.3. The molecule has 0 amide bonds. The third-order valence-corrected chi connectivity index (χ3v) is 5.45. The molecule has 31 heavy (non-hydrogen) atoms. The molecule has 0 bridgehead atoms. The van der Waals surface area contributed by atoms with E-state index >= 15 is 0 Å². The molecule has 6 nitrogen and oxygen atoms in total. The minimum atomic E-state index is -0.454. The maximum absolute atomic E-state index is 12.3. The lowest BCUT2D eigenvalue weighted by molar-refractivity contribution is 0.296. The van der Waals surface area contributed by atoms with Gasteiger partial charge in [0.05, 0.1) is 12.8 Å². The van der Waals surface area contributed by atoms with Crippen LogP contribution in [-0.2, 0) is 12.0 Å². The number of nitriles is 1. The summed E-state index contributed by atoms with van der Waals surface area (Å²) in [6.07, 6.45) is 1.81. The quantitative estimate of drug-likeness (QED) is 0.437. The van der Waals surface area contributed by atoms with E-state index in [1.807, 2.05) is 30.5 Å². The van der Waals surface area contributed by atoms with Crippen molar-refractivity contribution in [2.75, 3.05) is 13.4 Å². The molecule has 3 rings (SSSR count). The highest BCUT2D eigenvalue weighted by atomic mass is 32.2. The van der Waals surface area contributed by atoms with Crippen molar-refractivity contribution < 1.29 is 9.47 Å². The normalized spacial score (nSPS) is 11.1. The number of H-pyrrole nitrogens is 1. The largest absolute Gasteiger partial charge is 0.496 e. The van der Waals surface area contributed by atoms with Crippen LogP contribution >= 0.6 is 11.8 Å². The molecule has 1 aromatic heterocycles. The predicted octanol–water partition coefficient (Wildman–Crippen LogP) is 4.92. The number of aromatic amines is 1. The molecule has 0 fully saturated rings. The first-order valence-electron chi connectivity index (χ1n) is 9.76. The van der Waals surface area contributed by atoms with E-state index in [0.717, 1.165) is 11.3 Å². The molecule has 0 atom stereocenters. The number of ether oxygens (including phenoxy) is 2. The van der Waals surface area contributed by atoms with E-state index in [1.54, 1.807) is 19.2 Å². The van der Waals surface area contributed by atoms with Crippen LogP contribution in [-0.4, -0.2) is 23.3 Å². The van der Waals surface area contributed by atoms with Crippen molar-refractivity contribution in [3.8, 4) is 28.8 Å². The summed E-state index contributed by atoms with van der Waals surface area (Å²) < 4.78 is 11.5. The summed E-state index contributed by atoms with van der Waals surface area (Å²) in [6.45, 7) is 6.77. The number of benzene rings is 2. The van der Waals surface area contributed by atoms with E-state index in [4.69, 9.17) is 9.47 Å². The van der Waals surface area contributed by atoms with Gasteiger partial charge in [-0.1, -0.05) is 44.7 Å². The SMILES string of the molecule is COc1ccc(-c2nc(SC)[nH]c(=O)c2C#N)cc1COc1ccc(C(C)(C)C)cc1. The summed E-state index contributed by atoms with van der Waals surface area (Å²) in [7, 11) is 1.59. The predicted molar refractivity (Wildman–Crippen MR) is 123 cm³/mol. The van der Waals surface area contributed by atoms with Gasteiger partial charge >= 0.3 is 0 Å². The van der Waals surface area contributed by atoms with Crippen LogP contribution in [0, 0.1) is 11.3 Å². The molecule has 0 aliphatic rings. The first-order valence-corrected chi connectivity index (χ1v) is 11.0. The standard InChI is InChI=1S/C24H25N3O3S/c1-24(2,3)17-7-9-18(10-8-17)30-14-16-12-15(6-11-20(16)29-4)21-19(13-25)22(28)27-23(26-21)31-5/h6-12H,14H2,1-5H3,(H,26,27,28). The molecule has 0 aliphatic carbocycles. The van der Waals surface area contributed by atoms with Crippen molar-refractivity contribution in [1.29, 1.82) is 5.26 Å². The van der Waals surface area contributed by atoms with E-state index in [1.165, 1.54) is 17.3 Å². The number of hydrogen-bond acceptors (Lipinski definition) is 6. The molecule has 0 aliphatic heterocycles. The zero-order chi connectivity index (χ0) is 22.6. The van der Waals surface area contributed by atoms with Crippen LogP contribution < -0.4 is 15.0 Å². The Bertz CT molecular complexity index is 1170. The average Bonchev–Trinajstić information content (AvgIpc) is 2.76. The van der Waals surface area contributed by atoms with Gasteiger partial charge in [-0.3, -0.25) is 4.79 Å². The zero-order valence-electron chi connectivity index (χ0n) is 18.3. The second-order valence-electron chi connectivity index (χ2n) is 8.00. The summed E-state index contributed by atoms with van der Waals surface area (Å²) in [5.74, 6) is 1.40. The van der Waals surface area contributed by atoms with Gasteiger partial charge in [0.25, 0.3) is 5.56 Å². The summed E-state index contributed by atoms with van der Waals surface area (Å²) in [5, 5.41) is 9.91. The van der Waals surface area contributed by atoms with E-state index in [0.29, 0.717) is 22.2 Å². The number of nitrogens with zero attached hydrogens (tertiary/aromatic N) is 2. The van der Waals surface area contributed by atoms with Crippen LogP contribution in [0.3, 0.4) is 0 Å². The summed E-state index contributed by atoms with van der Waals surface area (Å²) >= 11 is 1.31. The Balaban J connectivity index is 1.93. The van der Waals surface area contributed by atoms with Crippen LogP contribution in [0.5, 0.6) is 11.5 Å². The second-order valence-corrected chi connectivity index (χ2v) is 8.80. The number of hydrogen-bond donors (Lipinski definition) is 1. The van der Waals surface area contributed by atoms with E-state index in [-0.39, 0.29) is 17.6 Å². The first kappa shape index (κ1) is 22.4. The van der Waals surface area contributed by atoms with E-state index in [9.17, 15) is 10.1 Å². The molecule has 1 N–H and O–H groups in total. The van der Waals surface area contributed by atoms with Gasteiger partial charge in [-0.05, 0) is 47.6 Å². The smallest absolute Gasteiger partial charge is 0.270 e. The Morgan fingerprint density at radius 1 is 1.16 bits per heavy atom. The Labute approximate surface area is 186 Å². The fourth-order valence-electron chi connectivity index (χ4n) is 3.11. The van der Waals surface area contributed by atoms with Crippen LogP contribution in [0.4, 0.5) is 0 Å². The monoisotopic (exact) mass is 435 g/mol. The Hall–Kier alpha value is -3.24. The highest BCUT2D eigenvalue weighted by molar-refractivity contribution is 7.98. The third kappa shape index (κ3) is 5.09. The van der Waals surface area contributed by atoms with E-state index < -0.39 is 5.56 Å². The van der Waals surface area contributed by atoms with Gasteiger partial charge < -0.3 is 14.5 Å². The third-order valence-electron chi connectivity index (χ3n) is 4.87. The fourth-order valence-corrected chi connectivity index (χ4v) is 3.49. The number of aromatic nitrogens is 2. The van der Waals surface area contributed by atoms with Gasteiger partial charge in [-0.25, -0.2) is 4.98 Å². The molecule has 1 heterocycles. The molecular formula is C24H25N3O3S. The molecule has 0 unspecified atom stereocenters. The molecule has 2 aromatic carbocycles. The molecule has 0 saturated heterocycles. The van der Waals surface area contributed by atoms with Crippen molar-refractivity contribution in [1.82, 2.24) is 9.97 Å². The van der Waals surface area contributed by atoms with Crippen molar-refractivity contribution in [3.63, 3.8) is 0 Å². The number of rotatable bonds is 6. The van der Waals surface area contributed by atoms with Crippen LogP contribution in [0.1, 0.15) is 37.5 Å². The molecule has 3 aromatic rings. The lowest BCUT2D eigenvalue weighted by Gasteiger charge is -2.19. The highest BCUT2D eigenvalue weighted by Crippen LogP contribution is 2.29. The number of nitrogens with one attached hydrogen (secondary N) is 1. The molecule has 160 valence electrons.